The van der Waals surface area contributed by atoms with Crippen molar-refractivity contribution in [1.29, 1.82) is 0 Å². The summed E-state index contributed by atoms with van der Waals surface area (Å²) in [4.78, 5) is 20.3. The molecule has 0 aliphatic carbocycles. The molecule has 2 rings (SSSR count). The zero-order valence-electron chi connectivity index (χ0n) is 13.0. The Morgan fingerprint density at radius 1 is 1.26 bits per heavy atom. The van der Waals surface area contributed by atoms with Gasteiger partial charge in [-0.3, -0.25) is 4.79 Å². The van der Waals surface area contributed by atoms with E-state index in [1.807, 2.05) is 19.1 Å². The number of halogens is 1. The normalized spacial score (nSPS) is 10.4. The quantitative estimate of drug-likeness (QED) is 0.786. The van der Waals surface area contributed by atoms with Crippen molar-refractivity contribution in [3.8, 4) is 17.3 Å². The molecule has 0 aliphatic heterocycles. The molecule has 1 aromatic carbocycles. The van der Waals surface area contributed by atoms with Crippen LogP contribution in [-0.4, -0.2) is 42.7 Å². The van der Waals surface area contributed by atoms with Gasteiger partial charge in [0.2, 0.25) is 5.88 Å². The fraction of sp³-hybridized carbons (Fsp3) is 0.312. The highest BCUT2D eigenvalue weighted by Gasteiger charge is 2.08. The molecule has 0 saturated carbocycles. The number of nitrogens with zero attached hydrogens (tertiary/aromatic N) is 2. The Kier molecular flexibility index (Phi) is 6.31. The van der Waals surface area contributed by atoms with Gasteiger partial charge >= 0.3 is 0 Å². The van der Waals surface area contributed by atoms with Gasteiger partial charge in [0, 0.05) is 36.0 Å². The van der Waals surface area contributed by atoms with Crippen LogP contribution in [0.2, 0.25) is 5.02 Å². The van der Waals surface area contributed by atoms with Crippen LogP contribution in [0.25, 0.3) is 11.4 Å². The molecular formula is C16H18ClN3O3. The van der Waals surface area contributed by atoms with E-state index in [-0.39, 0.29) is 12.5 Å². The minimum Gasteiger partial charge on any atom is -0.467 e. The van der Waals surface area contributed by atoms with Crippen LogP contribution in [0.5, 0.6) is 5.88 Å². The third-order valence-corrected chi connectivity index (χ3v) is 3.16. The van der Waals surface area contributed by atoms with Gasteiger partial charge in [0.15, 0.2) is 12.4 Å². The summed E-state index contributed by atoms with van der Waals surface area (Å²) in [5, 5.41) is 3.32. The number of aromatic nitrogens is 2. The smallest absolute Gasteiger partial charge is 0.258 e. The molecule has 1 aromatic heterocycles. The maximum Gasteiger partial charge on any atom is 0.258 e. The molecule has 0 radical (unpaired) electrons. The Morgan fingerprint density at radius 3 is 2.70 bits per heavy atom. The zero-order valence-corrected chi connectivity index (χ0v) is 13.8. The summed E-state index contributed by atoms with van der Waals surface area (Å²) in [5.74, 6) is 0.646. The van der Waals surface area contributed by atoms with E-state index in [0.29, 0.717) is 29.9 Å². The van der Waals surface area contributed by atoms with Crippen molar-refractivity contribution < 1.29 is 14.3 Å². The standard InChI is InChI=1S/C16H18ClN3O3/c1-11-9-15(23-10-14(21)18-7-8-22-2)20-16(19-11)12-3-5-13(17)6-4-12/h3-6,9H,7-8,10H2,1-2H3,(H,18,21). The number of nitrogens with one attached hydrogen (secondary N) is 1. The van der Waals surface area contributed by atoms with Crippen LogP contribution in [0.3, 0.4) is 0 Å². The molecule has 0 unspecified atom stereocenters. The fourth-order valence-corrected chi connectivity index (χ4v) is 1.95. The zero-order chi connectivity index (χ0) is 16.7. The monoisotopic (exact) mass is 335 g/mol. The molecule has 23 heavy (non-hydrogen) atoms. The highest BCUT2D eigenvalue weighted by atomic mass is 35.5. The number of benzene rings is 1. The molecule has 6 nitrogen and oxygen atoms in total. The van der Waals surface area contributed by atoms with Gasteiger partial charge in [-0.2, -0.15) is 4.98 Å². The Morgan fingerprint density at radius 2 is 2.00 bits per heavy atom. The Bertz CT molecular complexity index is 662. The molecule has 1 N–H and O–H groups in total. The highest BCUT2D eigenvalue weighted by Crippen LogP contribution is 2.21. The number of hydrogen-bond acceptors (Lipinski definition) is 5. The first-order valence-corrected chi connectivity index (χ1v) is 7.46. The molecule has 122 valence electrons. The largest absolute Gasteiger partial charge is 0.467 e. The van der Waals surface area contributed by atoms with Crippen LogP contribution in [0.15, 0.2) is 30.3 Å². The minimum atomic E-state index is -0.230. The Hall–Kier alpha value is -2.18. The van der Waals surface area contributed by atoms with Crippen LogP contribution >= 0.6 is 11.6 Å². The molecule has 0 atom stereocenters. The van der Waals surface area contributed by atoms with E-state index in [1.165, 1.54) is 0 Å². The molecule has 0 saturated heterocycles. The number of rotatable bonds is 7. The number of methoxy groups -OCH3 is 1. The molecule has 0 spiro atoms. The number of hydrogen-bond donors (Lipinski definition) is 1. The predicted octanol–water partition coefficient (Wildman–Crippen LogP) is 2.25. The van der Waals surface area contributed by atoms with Crippen molar-refractivity contribution in [2.24, 2.45) is 0 Å². The minimum absolute atomic E-state index is 0.111. The number of carbonyl (C=O) groups excluding carboxylic acids is 1. The molecule has 0 fully saturated rings. The summed E-state index contributed by atoms with van der Waals surface area (Å²) in [6.45, 7) is 2.63. The van der Waals surface area contributed by atoms with Gasteiger partial charge in [0.05, 0.1) is 6.61 Å². The number of carbonyl (C=O) groups is 1. The van der Waals surface area contributed by atoms with Gasteiger partial charge in [-0.15, -0.1) is 0 Å². The van der Waals surface area contributed by atoms with Gasteiger partial charge in [-0.1, -0.05) is 11.6 Å². The lowest BCUT2D eigenvalue weighted by atomic mass is 10.2. The van der Waals surface area contributed by atoms with Gasteiger partial charge in [-0.05, 0) is 31.2 Å². The second-order valence-electron chi connectivity index (χ2n) is 4.81. The first kappa shape index (κ1) is 17.2. The SMILES string of the molecule is COCCNC(=O)COc1cc(C)nc(-c2ccc(Cl)cc2)n1. The molecule has 2 aromatic rings. The van der Waals surface area contributed by atoms with E-state index in [1.54, 1.807) is 25.3 Å². The summed E-state index contributed by atoms with van der Waals surface area (Å²) in [5.41, 5.74) is 1.58. The number of amides is 1. The third kappa shape index (κ3) is 5.50. The first-order valence-electron chi connectivity index (χ1n) is 7.08. The van der Waals surface area contributed by atoms with Crippen LogP contribution in [-0.2, 0) is 9.53 Å². The van der Waals surface area contributed by atoms with Crippen LogP contribution in [0.1, 0.15) is 5.69 Å². The molecular weight excluding hydrogens is 318 g/mol. The summed E-state index contributed by atoms with van der Waals surface area (Å²) in [6, 6.07) is 8.89. The lowest BCUT2D eigenvalue weighted by Crippen LogP contribution is -2.31. The molecule has 0 bridgehead atoms. The van der Waals surface area contributed by atoms with Crippen molar-refractivity contribution >= 4 is 17.5 Å². The van der Waals surface area contributed by atoms with E-state index in [2.05, 4.69) is 15.3 Å². The van der Waals surface area contributed by atoms with Crippen molar-refractivity contribution in [2.45, 2.75) is 6.92 Å². The fourth-order valence-electron chi connectivity index (χ4n) is 1.82. The van der Waals surface area contributed by atoms with E-state index in [9.17, 15) is 4.79 Å². The van der Waals surface area contributed by atoms with E-state index < -0.39 is 0 Å². The maximum atomic E-state index is 11.6. The second-order valence-corrected chi connectivity index (χ2v) is 5.25. The lowest BCUT2D eigenvalue weighted by molar-refractivity contribution is -0.123. The second kappa shape index (κ2) is 8.45. The maximum absolute atomic E-state index is 11.6. The molecule has 0 aliphatic rings. The molecule has 1 amide bonds. The Balaban J connectivity index is 2.03. The predicted molar refractivity (Wildman–Crippen MR) is 87.6 cm³/mol. The third-order valence-electron chi connectivity index (χ3n) is 2.91. The Labute approximate surface area is 139 Å². The number of ether oxygens (including phenoxy) is 2. The van der Waals surface area contributed by atoms with Gasteiger partial charge < -0.3 is 14.8 Å². The summed E-state index contributed by atoms with van der Waals surface area (Å²) in [7, 11) is 1.57. The molecule has 1 heterocycles. The summed E-state index contributed by atoms with van der Waals surface area (Å²) >= 11 is 5.88. The van der Waals surface area contributed by atoms with Crippen molar-refractivity contribution in [3.05, 3.63) is 41.0 Å². The van der Waals surface area contributed by atoms with E-state index >= 15 is 0 Å². The number of aryl methyl sites for hydroxylation is 1. The van der Waals surface area contributed by atoms with Crippen LogP contribution < -0.4 is 10.1 Å². The average Bonchev–Trinajstić information content (AvgIpc) is 2.53. The summed E-state index contributed by atoms with van der Waals surface area (Å²) < 4.78 is 10.3. The van der Waals surface area contributed by atoms with Gasteiger partial charge in [0.25, 0.3) is 5.91 Å². The van der Waals surface area contributed by atoms with Crippen LogP contribution in [0.4, 0.5) is 0 Å². The topological polar surface area (TPSA) is 73.3 Å². The first-order chi connectivity index (χ1) is 11.1. The van der Waals surface area contributed by atoms with Gasteiger partial charge in [-0.25, -0.2) is 4.98 Å². The molecule has 7 heteroatoms. The lowest BCUT2D eigenvalue weighted by Gasteiger charge is -2.09. The van der Waals surface area contributed by atoms with Crippen LogP contribution in [0, 0.1) is 6.92 Å². The van der Waals surface area contributed by atoms with Crippen molar-refractivity contribution in [3.63, 3.8) is 0 Å². The summed E-state index contributed by atoms with van der Waals surface area (Å²) in [6.07, 6.45) is 0. The van der Waals surface area contributed by atoms with Crippen molar-refractivity contribution in [1.82, 2.24) is 15.3 Å². The average molecular weight is 336 g/mol. The van der Waals surface area contributed by atoms with E-state index in [4.69, 9.17) is 21.1 Å². The van der Waals surface area contributed by atoms with E-state index in [0.717, 1.165) is 11.3 Å². The van der Waals surface area contributed by atoms with Crippen molar-refractivity contribution in [2.75, 3.05) is 26.9 Å². The van der Waals surface area contributed by atoms with Gasteiger partial charge in [0.1, 0.15) is 0 Å². The highest BCUT2D eigenvalue weighted by molar-refractivity contribution is 6.30.